The van der Waals surface area contributed by atoms with Gasteiger partial charge in [0.05, 0.1) is 29.0 Å². The number of hydrazone groups is 1. The molecular formula is C14H11BrN4O5S2. The second-order valence-corrected chi connectivity index (χ2v) is 8.32. The zero-order valence-corrected chi connectivity index (χ0v) is 16.6. The summed E-state index contributed by atoms with van der Waals surface area (Å²) in [6.07, 6.45) is 2.36. The van der Waals surface area contributed by atoms with Crippen LogP contribution in [0.15, 0.2) is 32.3 Å². The fourth-order valence-electron chi connectivity index (χ4n) is 2.16. The summed E-state index contributed by atoms with van der Waals surface area (Å²) < 4.78 is 33.2. The third-order valence-corrected chi connectivity index (χ3v) is 4.93. The number of methoxy groups -OCH3 is 1. The molecule has 1 aromatic rings. The number of hydrogen-bond donors (Lipinski definition) is 1. The smallest absolute Gasteiger partial charge is 0.306 e. The fourth-order valence-corrected chi connectivity index (χ4v) is 3.89. The van der Waals surface area contributed by atoms with Crippen molar-refractivity contribution in [2.45, 2.75) is 0 Å². The first-order valence-electron chi connectivity index (χ1n) is 6.89. The number of benzene rings is 1. The lowest BCUT2D eigenvalue weighted by molar-refractivity contribution is -0.114. The van der Waals surface area contributed by atoms with Gasteiger partial charge in [-0.15, -0.1) is 0 Å². The highest BCUT2D eigenvalue weighted by molar-refractivity contribution is 9.10. The van der Waals surface area contributed by atoms with E-state index in [1.54, 1.807) is 0 Å². The van der Waals surface area contributed by atoms with Gasteiger partial charge in [0.2, 0.25) is 0 Å². The lowest BCUT2D eigenvalue weighted by atomic mass is 10.1. The number of carbonyl (C=O) groups excluding carboxylic acids is 1. The number of nitrogens with zero attached hydrogens (tertiary/aromatic N) is 3. The highest BCUT2D eigenvalue weighted by atomic mass is 79.9. The van der Waals surface area contributed by atoms with Crippen LogP contribution in [0.4, 0.5) is 0 Å². The molecule has 9 nitrogen and oxygen atoms in total. The molecule has 0 atom stereocenters. The third kappa shape index (κ3) is 3.66. The van der Waals surface area contributed by atoms with Crippen LogP contribution >= 0.6 is 27.7 Å². The number of amidine groups is 2. The Morgan fingerprint density at radius 3 is 2.77 bits per heavy atom. The Bertz CT molecular complexity index is 1020. The summed E-state index contributed by atoms with van der Waals surface area (Å²) in [5, 5.41) is 13.7. The van der Waals surface area contributed by atoms with E-state index >= 15 is 0 Å². The van der Waals surface area contributed by atoms with Gasteiger partial charge in [0.1, 0.15) is 0 Å². The van der Waals surface area contributed by atoms with Crippen molar-refractivity contribution in [1.29, 1.82) is 5.41 Å². The molecule has 0 saturated carbocycles. The van der Waals surface area contributed by atoms with Crippen molar-refractivity contribution in [3.63, 3.8) is 0 Å². The van der Waals surface area contributed by atoms with Crippen LogP contribution in [0.25, 0.3) is 6.08 Å². The number of halogens is 1. The predicted octanol–water partition coefficient (Wildman–Crippen LogP) is 2.05. The first kappa shape index (κ1) is 18.6. The predicted molar refractivity (Wildman–Crippen MR) is 102 cm³/mol. The average molecular weight is 459 g/mol. The fraction of sp³-hybridized carbons (Fsp3) is 0.143. The number of rotatable bonds is 4. The molecule has 136 valence electrons. The van der Waals surface area contributed by atoms with Crippen LogP contribution in [0.5, 0.6) is 11.5 Å². The van der Waals surface area contributed by atoms with E-state index in [2.05, 4.69) is 26.0 Å². The monoisotopic (exact) mass is 458 g/mol. The van der Waals surface area contributed by atoms with Gasteiger partial charge in [0, 0.05) is 0 Å². The maximum Gasteiger partial charge on any atom is 0.306 e. The summed E-state index contributed by atoms with van der Waals surface area (Å²) in [6, 6.07) is 3.03. The van der Waals surface area contributed by atoms with Crippen molar-refractivity contribution in [3.05, 3.63) is 27.7 Å². The van der Waals surface area contributed by atoms with Crippen molar-refractivity contribution in [3.8, 4) is 11.5 Å². The van der Waals surface area contributed by atoms with E-state index in [0.717, 1.165) is 18.0 Å². The maximum absolute atomic E-state index is 12.2. The summed E-state index contributed by atoms with van der Waals surface area (Å²) >= 11 is 4.38. The van der Waals surface area contributed by atoms with E-state index < -0.39 is 16.0 Å². The Morgan fingerprint density at radius 1 is 1.38 bits per heavy atom. The van der Waals surface area contributed by atoms with Crippen molar-refractivity contribution in [1.82, 2.24) is 5.01 Å². The van der Waals surface area contributed by atoms with Crippen LogP contribution in [-0.4, -0.2) is 49.2 Å². The van der Waals surface area contributed by atoms with Gasteiger partial charge in [-0.2, -0.15) is 23.5 Å². The van der Waals surface area contributed by atoms with Gasteiger partial charge in [0.15, 0.2) is 22.5 Å². The van der Waals surface area contributed by atoms with E-state index in [1.807, 2.05) is 0 Å². The molecule has 1 amide bonds. The molecule has 2 aliphatic heterocycles. The molecule has 0 saturated heterocycles. The Balaban J connectivity index is 2.04. The van der Waals surface area contributed by atoms with E-state index in [0.29, 0.717) is 15.2 Å². The Labute approximate surface area is 161 Å². The van der Waals surface area contributed by atoms with Crippen molar-refractivity contribution < 1.29 is 22.1 Å². The van der Waals surface area contributed by atoms with Crippen LogP contribution in [0.1, 0.15) is 5.56 Å². The van der Waals surface area contributed by atoms with Crippen LogP contribution in [-0.2, 0) is 14.9 Å². The van der Waals surface area contributed by atoms with Crippen molar-refractivity contribution in [2.75, 3.05) is 13.4 Å². The van der Waals surface area contributed by atoms with E-state index in [9.17, 15) is 13.2 Å². The molecule has 2 aliphatic rings. The molecule has 0 bridgehead atoms. The van der Waals surface area contributed by atoms with E-state index in [-0.39, 0.29) is 22.9 Å². The minimum Gasteiger partial charge on any atom is -0.493 e. The quantitative estimate of drug-likeness (QED) is 0.540. The Hall–Kier alpha value is -2.18. The largest absolute Gasteiger partial charge is 0.493 e. The molecule has 0 aliphatic carbocycles. The standard InChI is InChI=1S/C14H11BrN4O5S2/c1-23-10-5-7(4-9(15)11(10)24-26(2,21)22)3-8-12(16)19-14(18-13(8)20)25-6-17-19/h3-6,16H,1-2H3/b8-3-,16-12?. The van der Waals surface area contributed by atoms with Gasteiger partial charge in [-0.1, -0.05) is 0 Å². The topological polar surface area (TPSA) is 121 Å². The molecular weight excluding hydrogens is 448 g/mol. The molecule has 0 radical (unpaired) electrons. The number of fused-ring (bicyclic) bond motifs is 1. The molecule has 1 aromatic carbocycles. The molecule has 0 fully saturated rings. The molecule has 1 N–H and O–H groups in total. The highest BCUT2D eigenvalue weighted by Gasteiger charge is 2.32. The van der Waals surface area contributed by atoms with Crippen LogP contribution < -0.4 is 8.92 Å². The van der Waals surface area contributed by atoms with Gasteiger partial charge in [-0.3, -0.25) is 10.2 Å². The number of aliphatic imine (C=N–C) groups is 1. The van der Waals surface area contributed by atoms with Crippen LogP contribution in [0, 0.1) is 5.41 Å². The van der Waals surface area contributed by atoms with Gasteiger partial charge in [0.25, 0.3) is 5.91 Å². The Morgan fingerprint density at radius 2 is 2.12 bits per heavy atom. The number of thioether (sulfide) groups is 1. The van der Waals surface area contributed by atoms with E-state index in [1.165, 1.54) is 35.9 Å². The minimum atomic E-state index is -3.76. The number of nitrogens with one attached hydrogen (secondary N) is 1. The number of hydrogen-bond acceptors (Lipinski definition) is 8. The molecule has 2 heterocycles. The second kappa shape index (κ2) is 6.85. The van der Waals surface area contributed by atoms with E-state index in [4.69, 9.17) is 14.3 Å². The second-order valence-electron chi connectivity index (χ2n) is 5.08. The van der Waals surface area contributed by atoms with Crippen molar-refractivity contribution >= 4 is 66.3 Å². The van der Waals surface area contributed by atoms with Gasteiger partial charge in [-0.05, 0) is 51.5 Å². The van der Waals surface area contributed by atoms with Gasteiger partial charge in [-0.25, -0.2) is 0 Å². The molecule has 12 heteroatoms. The van der Waals surface area contributed by atoms with Crippen LogP contribution in [0.3, 0.4) is 0 Å². The molecule has 26 heavy (non-hydrogen) atoms. The maximum atomic E-state index is 12.2. The minimum absolute atomic E-state index is 0.0111. The first-order valence-corrected chi connectivity index (χ1v) is 10.4. The third-order valence-electron chi connectivity index (χ3n) is 3.19. The van der Waals surface area contributed by atoms with Crippen LogP contribution in [0.2, 0.25) is 0 Å². The lowest BCUT2D eigenvalue weighted by Crippen LogP contribution is -2.35. The average Bonchev–Trinajstić information content (AvgIpc) is 3.01. The normalized spacial score (nSPS) is 18.2. The molecule has 3 rings (SSSR count). The summed E-state index contributed by atoms with van der Waals surface area (Å²) in [5.41, 5.74) is 2.01. The van der Waals surface area contributed by atoms with Gasteiger partial charge >= 0.3 is 10.1 Å². The highest BCUT2D eigenvalue weighted by Crippen LogP contribution is 2.38. The molecule has 0 spiro atoms. The first-order chi connectivity index (χ1) is 12.2. The SMILES string of the molecule is COc1cc(/C=C2/C(=N)N3N=CSC3=NC2=O)cc(Br)c1OS(C)(=O)=O. The zero-order valence-electron chi connectivity index (χ0n) is 13.4. The zero-order chi connectivity index (χ0) is 19.1. The molecule has 0 unspecified atom stereocenters. The van der Waals surface area contributed by atoms with Crippen molar-refractivity contribution in [2.24, 2.45) is 10.1 Å². The van der Waals surface area contributed by atoms with Gasteiger partial charge < -0.3 is 8.92 Å². The Kier molecular flexibility index (Phi) is 4.90. The summed E-state index contributed by atoms with van der Waals surface area (Å²) in [4.78, 5) is 16.1. The number of ether oxygens (including phenoxy) is 1. The number of amides is 1. The summed E-state index contributed by atoms with van der Waals surface area (Å²) in [6.45, 7) is 0. The summed E-state index contributed by atoms with van der Waals surface area (Å²) in [5.74, 6) is -0.535. The summed E-state index contributed by atoms with van der Waals surface area (Å²) in [7, 11) is -2.40. The lowest BCUT2D eigenvalue weighted by Gasteiger charge is -2.20. The number of carbonyl (C=O) groups is 1. The molecule has 0 aromatic heterocycles.